The molecule has 0 bridgehead atoms. The molecule has 0 aromatic heterocycles. The van der Waals surface area contributed by atoms with Crippen LogP contribution in [0.2, 0.25) is 0 Å². The lowest BCUT2D eigenvalue weighted by molar-refractivity contribution is 0.147. The Balaban J connectivity index is 2.16. The van der Waals surface area contributed by atoms with Crippen LogP contribution in [0.5, 0.6) is 0 Å². The van der Waals surface area contributed by atoms with Crippen LogP contribution < -0.4 is 15.4 Å². The Morgan fingerprint density at radius 2 is 1.96 bits per heavy atom. The van der Waals surface area contributed by atoms with Gasteiger partial charge in [-0.3, -0.25) is 9.89 Å². The Morgan fingerprint density at radius 3 is 2.61 bits per heavy atom. The van der Waals surface area contributed by atoms with E-state index in [4.69, 9.17) is 0 Å². The summed E-state index contributed by atoms with van der Waals surface area (Å²) in [6.07, 6.45) is 7.09. The minimum absolute atomic E-state index is 0.439. The lowest BCUT2D eigenvalue weighted by Gasteiger charge is -2.35. The Labute approximate surface area is 141 Å². The average Bonchev–Trinajstić information content (AvgIpc) is 2.52. The quantitative estimate of drug-likeness (QED) is 0.318. The summed E-state index contributed by atoms with van der Waals surface area (Å²) in [7, 11) is -1.34. The highest BCUT2D eigenvalue weighted by Crippen LogP contribution is 2.18. The van der Waals surface area contributed by atoms with E-state index < -0.39 is 10.0 Å². The maximum atomic E-state index is 11.0. The minimum atomic E-state index is -3.09. The molecule has 7 nitrogen and oxygen atoms in total. The number of likely N-dealkylation sites (tertiary alicyclic amines) is 1. The molecule has 3 N–H and O–H groups in total. The molecule has 0 saturated carbocycles. The molecule has 0 radical (unpaired) electrons. The number of nitrogens with one attached hydrogen (secondary N) is 3. The van der Waals surface area contributed by atoms with E-state index in [1.807, 2.05) is 0 Å². The number of sulfonamides is 1. The normalized spacial score (nSPS) is 20.5. The van der Waals surface area contributed by atoms with E-state index in [0.29, 0.717) is 13.1 Å². The van der Waals surface area contributed by atoms with Gasteiger partial charge in [0.25, 0.3) is 0 Å². The van der Waals surface area contributed by atoms with Gasteiger partial charge in [-0.05, 0) is 32.2 Å². The highest BCUT2D eigenvalue weighted by Gasteiger charge is 2.19. The summed E-state index contributed by atoms with van der Waals surface area (Å²) in [5.74, 6) is 0.773. The van der Waals surface area contributed by atoms with E-state index >= 15 is 0 Å². The van der Waals surface area contributed by atoms with Crippen LogP contribution in [0.15, 0.2) is 4.99 Å². The predicted octanol–water partition coefficient (Wildman–Crippen LogP) is 0.355. The predicted molar refractivity (Wildman–Crippen MR) is 96.3 cm³/mol. The summed E-state index contributed by atoms with van der Waals surface area (Å²) >= 11 is 0. The van der Waals surface area contributed by atoms with Gasteiger partial charge in [0.1, 0.15) is 0 Å². The fraction of sp³-hybridized carbons (Fsp3) is 0.933. The van der Waals surface area contributed by atoms with Crippen molar-refractivity contribution in [3.8, 4) is 0 Å². The second-order valence-corrected chi connectivity index (χ2v) is 7.87. The van der Waals surface area contributed by atoms with Crippen LogP contribution >= 0.6 is 0 Å². The molecular formula is C15H33N5O2S. The van der Waals surface area contributed by atoms with Gasteiger partial charge in [0.2, 0.25) is 10.0 Å². The number of aliphatic imine (C=N–C) groups is 1. The Hall–Kier alpha value is -0.860. The summed E-state index contributed by atoms with van der Waals surface area (Å²) in [5.41, 5.74) is 0. The molecule has 8 heteroatoms. The van der Waals surface area contributed by atoms with Gasteiger partial charge in [-0.2, -0.15) is 0 Å². The number of hydrogen-bond donors (Lipinski definition) is 3. The minimum Gasteiger partial charge on any atom is -0.356 e. The van der Waals surface area contributed by atoms with E-state index in [-0.39, 0.29) is 0 Å². The van der Waals surface area contributed by atoms with Crippen LogP contribution in [0.25, 0.3) is 0 Å². The second kappa shape index (κ2) is 10.8. The zero-order chi connectivity index (χ0) is 17.1. The molecule has 0 aliphatic carbocycles. The number of piperidine rings is 1. The lowest BCUT2D eigenvalue weighted by atomic mass is 10.0. The highest BCUT2D eigenvalue weighted by atomic mass is 32.2. The van der Waals surface area contributed by atoms with Crippen molar-refractivity contribution in [1.29, 1.82) is 0 Å². The van der Waals surface area contributed by atoms with Crippen LogP contribution in [0.3, 0.4) is 0 Å². The van der Waals surface area contributed by atoms with Crippen molar-refractivity contribution in [1.82, 2.24) is 20.3 Å². The summed E-state index contributed by atoms with van der Waals surface area (Å²) in [5, 5.41) is 6.53. The van der Waals surface area contributed by atoms with Crippen LogP contribution in [0.4, 0.5) is 0 Å². The first-order chi connectivity index (χ1) is 11.0. The molecule has 1 unspecified atom stereocenters. The van der Waals surface area contributed by atoms with Crippen LogP contribution in [-0.2, 0) is 10.0 Å². The van der Waals surface area contributed by atoms with E-state index in [9.17, 15) is 8.42 Å². The first kappa shape index (κ1) is 20.2. The first-order valence-electron chi connectivity index (χ1n) is 8.59. The molecule has 1 heterocycles. The van der Waals surface area contributed by atoms with Gasteiger partial charge in [0.05, 0.1) is 6.26 Å². The van der Waals surface area contributed by atoms with E-state index in [1.165, 1.54) is 38.5 Å². The van der Waals surface area contributed by atoms with Crippen molar-refractivity contribution in [2.45, 2.75) is 45.1 Å². The molecule has 23 heavy (non-hydrogen) atoms. The monoisotopic (exact) mass is 347 g/mol. The Bertz CT molecular complexity index is 453. The summed E-state index contributed by atoms with van der Waals surface area (Å²) in [4.78, 5) is 6.76. The molecule has 1 fully saturated rings. The van der Waals surface area contributed by atoms with Crippen molar-refractivity contribution in [2.75, 3.05) is 46.0 Å². The van der Waals surface area contributed by atoms with E-state index in [0.717, 1.165) is 31.5 Å². The van der Waals surface area contributed by atoms with Crippen molar-refractivity contribution < 1.29 is 8.42 Å². The number of rotatable bonds is 9. The third-order valence-corrected chi connectivity index (χ3v) is 4.87. The molecule has 136 valence electrons. The molecule has 1 aliphatic rings. The highest BCUT2D eigenvalue weighted by molar-refractivity contribution is 7.88. The van der Waals surface area contributed by atoms with Crippen molar-refractivity contribution >= 4 is 16.0 Å². The number of guanidine groups is 1. The fourth-order valence-electron chi connectivity index (χ4n) is 2.91. The van der Waals surface area contributed by atoms with Gasteiger partial charge in [0.15, 0.2) is 5.96 Å². The molecule has 0 spiro atoms. The smallest absolute Gasteiger partial charge is 0.208 e. The van der Waals surface area contributed by atoms with Crippen molar-refractivity contribution in [3.63, 3.8) is 0 Å². The topological polar surface area (TPSA) is 85.8 Å². The van der Waals surface area contributed by atoms with Gasteiger partial charge < -0.3 is 10.6 Å². The third-order valence-electron chi connectivity index (χ3n) is 4.15. The first-order valence-corrected chi connectivity index (χ1v) is 10.5. The Morgan fingerprint density at radius 1 is 1.22 bits per heavy atom. The molecular weight excluding hydrogens is 314 g/mol. The molecule has 1 saturated heterocycles. The number of hydrogen-bond acceptors (Lipinski definition) is 4. The van der Waals surface area contributed by atoms with Crippen LogP contribution in [0, 0.1) is 0 Å². The van der Waals surface area contributed by atoms with Crippen LogP contribution in [0.1, 0.15) is 39.0 Å². The van der Waals surface area contributed by atoms with Crippen molar-refractivity contribution in [2.24, 2.45) is 4.99 Å². The maximum Gasteiger partial charge on any atom is 0.208 e. The van der Waals surface area contributed by atoms with Gasteiger partial charge >= 0.3 is 0 Å². The third kappa shape index (κ3) is 9.12. The lowest BCUT2D eigenvalue weighted by Crippen LogP contribution is -2.46. The van der Waals surface area contributed by atoms with E-state index in [2.05, 4.69) is 32.2 Å². The second-order valence-electron chi connectivity index (χ2n) is 6.04. The SMILES string of the molecule is CCC1CCCCN1CCNC(=NC)NCCCNS(C)(=O)=O. The molecule has 0 aromatic rings. The molecule has 1 rings (SSSR count). The van der Waals surface area contributed by atoms with Gasteiger partial charge in [-0.15, -0.1) is 0 Å². The summed E-state index contributed by atoms with van der Waals surface area (Å²) in [6, 6.07) is 0.725. The van der Waals surface area contributed by atoms with Gasteiger partial charge in [-0.25, -0.2) is 13.1 Å². The zero-order valence-corrected chi connectivity index (χ0v) is 15.6. The largest absolute Gasteiger partial charge is 0.356 e. The zero-order valence-electron chi connectivity index (χ0n) is 14.8. The van der Waals surface area contributed by atoms with Crippen molar-refractivity contribution in [3.05, 3.63) is 0 Å². The molecule has 0 aromatic carbocycles. The van der Waals surface area contributed by atoms with Crippen LogP contribution in [-0.4, -0.2) is 71.3 Å². The average molecular weight is 348 g/mol. The maximum absolute atomic E-state index is 11.0. The fourth-order valence-corrected chi connectivity index (χ4v) is 3.42. The molecule has 1 atom stereocenters. The van der Waals surface area contributed by atoms with Gasteiger partial charge in [-0.1, -0.05) is 13.3 Å². The Kier molecular flexibility index (Phi) is 9.50. The molecule has 0 amide bonds. The summed E-state index contributed by atoms with van der Waals surface area (Å²) in [6.45, 7) is 6.50. The summed E-state index contributed by atoms with van der Waals surface area (Å²) < 4.78 is 24.4. The number of nitrogens with zero attached hydrogens (tertiary/aromatic N) is 2. The molecule has 1 aliphatic heterocycles. The van der Waals surface area contributed by atoms with E-state index in [1.54, 1.807) is 7.05 Å². The van der Waals surface area contributed by atoms with Gasteiger partial charge in [0, 0.05) is 39.3 Å². The standard InChI is InChI=1S/C15H33N5O2S/c1-4-14-8-5-6-12-20(14)13-11-18-15(16-2)17-9-7-10-19-23(3,21)22/h14,19H,4-13H2,1-3H3,(H2,16,17,18).